The van der Waals surface area contributed by atoms with Crippen molar-refractivity contribution in [3.05, 3.63) is 30.1 Å². The standard InChI is InChI=1S/C12H14FN/c13-11-3-1-2-4-12(11)14-7-9-5-10(6-9)8-14/h1-4,9-10H,5-8H2. The number of halogens is 1. The maximum Gasteiger partial charge on any atom is 0.146 e. The van der Waals surface area contributed by atoms with Crippen LogP contribution in [0.2, 0.25) is 0 Å². The van der Waals surface area contributed by atoms with E-state index >= 15 is 0 Å². The minimum absolute atomic E-state index is 0.0752. The molecule has 1 aliphatic carbocycles. The van der Waals surface area contributed by atoms with Gasteiger partial charge >= 0.3 is 0 Å². The molecule has 0 aromatic heterocycles. The van der Waals surface area contributed by atoms with Gasteiger partial charge in [0, 0.05) is 13.1 Å². The molecule has 0 unspecified atom stereocenters. The van der Waals surface area contributed by atoms with Crippen molar-refractivity contribution in [3.63, 3.8) is 0 Å². The van der Waals surface area contributed by atoms with Gasteiger partial charge in [0.15, 0.2) is 0 Å². The monoisotopic (exact) mass is 191 g/mol. The molecule has 2 saturated heterocycles. The molecule has 3 fully saturated rings. The van der Waals surface area contributed by atoms with Gasteiger partial charge in [-0.3, -0.25) is 0 Å². The van der Waals surface area contributed by atoms with E-state index in [9.17, 15) is 4.39 Å². The number of benzene rings is 1. The first-order valence-electron chi connectivity index (χ1n) is 5.32. The van der Waals surface area contributed by atoms with Gasteiger partial charge < -0.3 is 4.90 Å². The molecule has 0 spiro atoms. The van der Waals surface area contributed by atoms with E-state index in [4.69, 9.17) is 0 Å². The van der Waals surface area contributed by atoms with Crippen LogP contribution in [0.1, 0.15) is 12.8 Å². The van der Waals surface area contributed by atoms with E-state index in [1.807, 2.05) is 12.1 Å². The van der Waals surface area contributed by atoms with Gasteiger partial charge in [0.25, 0.3) is 0 Å². The number of anilines is 1. The minimum Gasteiger partial charge on any atom is -0.369 e. The second-order valence-electron chi connectivity index (χ2n) is 4.56. The predicted molar refractivity (Wildman–Crippen MR) is 54.8 cm³/mol. The third kappa shape index (κ3) is 1.21. The molecule has 0 atom stereocenters. The lowest BCUT2D eigenvalue weighted by molar-refractivity contribution is 0.158. The van der Waals surface area contributed by atoms with Crippen LogP contribution in [0.3, 0.4) is 0 Å². The van der Waals surface area contributed by atoms with Crippen LogP contribution in [0.15, 0.2) is 24.3 Å². The topological polar surface area (TPSA) is 3.24 Å². The first-order valence-corrected chi connectivity index (χ1v) is 5.32. The van der Waals surface area contributed by atoms with Crippen molar-refractivity contribution < 1.29 is 4.39 Å². The van der Waals surface area contributed by atoms with Crippen molar-refractivity contribution in [1.82, 2.24) is 0 Å². The van der Waals surface area contributed by atoms with Crippen molar-refractivity contribution >= 4 is 5.69 Å². The fourth-order valence-electron chi connectivity index (χ4n) is 2.77. The molecule has 1 nitrogen and oxygen atoms in total. The molecule has 1 aromatic rings. The summed E-state index contributed by atoms with van der Waals surface area (Å²) < 4.78 is 13.5. The van der Waals surface area contributed by atoms with E-state index in [0.29, 0.717) is 0 Å². The maximum absolute atomic E-state index is 13.5. The summed E-state index contributed by atoms with van der Waals surface area (Å²) in [6.45, 7) is 2.11. The number of para-hydroxylation sites is 1. The quantitative estimate of drug-likeness (QED) is 0.659. The Kier molecular flexibility index (Phi) is 1.76. The smallest absolute Gasteiger partial charge is 0.146 e. The largest absolute Gasteiger partial charge is 0.369 e. The summed E-state index contributed by atoms with van der Waals surface area (Å²) in [7, 11) is 0. The minimum atomic E-state index is -0.0752. The molecule has 4 rings (SSSR count). The van der Waals surface area contributed by atoms with Gasteiger partial charge in [-0.15, -0.1) is 0 Å². The molecule has 3 aliphatic rings. The van der Waals surface area contributed by atoms with Gasteiger partial charge in [0.1, 0.15) is 5.82 Å². The molecule has 2 aliphatic heterocycles. The number of hydrogen-bond acceptors (Lipinski definition) is 1. The molecular formula is C12H14FN. The fraction of sp³-hybridized carbons (Fsp3) is 0.500. The Balaban J connectivity index is 1.85. The van der Waals surface area contributed by atoms with E-state index in [0.717, 1.165) is 30.6 Å². The Morgan fingerprint density at radius 1 is 1.07 bits per heavy atom. The highest BCUT2D eigenvalue weighted by Crippen LogP contribution is 2.41. The van der Waals surface area contributed by atoms with Crippen LogP contribution in [0, 0.1) is 17.7 Å². The van der Waals surface area contributed by atoms with Crippen LogP contribution in [-0.4, -0.2) is 13.1 Å². The Bertz CT molecular complexity index is 334. The molecule has 2 bridgehead atoms. The van der Waals surface area contributed by atoms with Crippen LogP contribution in [0.5, 0.6) is 0 Å². The summed E-state index contributed by atoms with van der Waals surface area (Å²) in [5.74, 6) is 1.58. The van der Waals surface area contributed by atoms with Crippen LogP contribution >= 0.6 is 0 Å². The van der Waals surface area contributed by atoms with Crippen LogP contribution < -0.4 is 4.90 Å². The molecule has 0 radical (unpaired) electrons. The zero-order valence-corrected chi connectivity index (χ0v) is 8.12. The number of fused-ring (bicyclic) bond motifs is 2. The van der Waals surface area contributed by atoms with Crippen molar-refractivity contribution in [2.75, 3.05) is 18.0 Å². The van der Waals surface area contributed by atoms with Crippen LogP contribution in [-0.2, 0) is 0 Å². The predicted octanol–water partition coefficient (Wildman–Crippen LogP) is 2.67. The normalized spacial score (nSPS) is 29.9. The molecule has 2 heterocycles. The number of nitrogens with zero attached hydrogens (tertiary/aromatic N) is 1. The lowest BCUT2D eigenvalue weighted by Crippen LogP contribution is -2.48. The van der Waals surface area contributed by atoms with Gasteiger partial charge in [-0.25, -0.2) is 4.39 Å². The van der Waals surface area contributed by atoms with Gasteiger partial charge in [-0.05, 0) is 36.8 Å². The van der Waals surface area contributed by atoms with Gasteiger partial charge in [-0.1, -0.05) is 12.1 Å². The molecular weight excluding hydrogens is 177 g/mol. The van der Waals surface area contributed by atoms with Crippen molar-refractivity contribution in [2.24, 2.45) is 11.8 Å². The molecule has 2 heteroatoms. The summed E-state index contributed by atoms with van der Waals surface area (Å²) in [4.78, 5) is 2.21. The molecule has 1 aromatic carbocycles. The van der Waals surface area contributed by atoms with Crippen molar-refractivity contribution in [3.8, 4) is 0 Å². The van der Waals surface area contributed by atoms with Crippen LogP contribution in [0.4, 0.5) is 10.1 Å². The van der Waals surface area contributed by atoms with Gasteiger partial charge in [0.2, 0.25) is 0 Å². The second kappa shape index (κ2) is 2.97. The summed E-state index contributed by atoms with van der Waals surface area (Å²) in [5, 5.41) is 0. The highest BCUT2D eigenvalue weighted by molar-refractivity contribution is 5.48. The fourth-order valence-corrected chi connectivity index (χ4v) is 2.77. The van der Waals surface area contributed by atoms with Crippen molar-refractivity contribution in [2.45, 2.75) is 12.8 Å². The van der Waals surface area contributed by atoms with E-state index in [-0.39, 0.29) is 5.82 Å². The van der Waals surface area contributed by atoms with Crippen LogP contribution in [0.25, 0.3) is 0 Å². The third-order valence-corrected chi connectivity index (χ3v) is 3.48. The molecule has 14 heavy (non-hydrogen) atoms. The SMILES string of the molecule is Fc1ccccc1N1CC2CC(C2)C1. The molecule has 74 valence electrons. The Morgan fingerprint density at radius 2 is 1.71 bits per heavy atom. The Hall–Kier alpha value is -1.05. The molecule has 1 saturated carbocycles. The highest BCUT2D eigenvalue weighted by Gasteiger charge is 2.37. The third-order valence-electron chi connectivity index (χ3n) is 3.48. The first kappa shape index (κ1) is 8.27. The van der Waals surface area contributed by atoms with Crippen molar-refractivity contribution in [1.29, 1.82) is 0 Å². The van der Waals surface area contributed by atoms with E-state index < -0.39 is 0 Å². The van der Waals surface area contributed by atoms with Gasteiger partial charge in [0.05, 0.1) is 5.69 Å². The Morgan fingerprint density at radius 3 is 2.36 bits per heavy atom. The average Bonchev–Trinajstić information content (AvgIpc) is 2.17. The summed E-state index contributed by atoms with van der Waals surface area (Å²) >= 11 is 0. The second-order valence-corrected chi connectivity index (χ2v) is 4.56. The molecule has 0 N–H and O–H groups in total. The average molecular weight is 191 g/mol. The lowest BCUT2D eigenvalue weighted by atomic mass is 9.71. The summed E-state index contributed by atoms with van der Waals surface area (Å²) in [5.41, 5.74) is 0.793. The lowest BCUT2D eigenvalue weighted by Gasteiger charge is -2.48. The van der Waals surface area contributed by atoms with E-state index in [1.165, 1.54) is 12.8 Å². The molecule has 0 amide bonds. The highest BCUT2D eigenvalue weighted by atomic mass is 19.1. The zero-order valence-electron chi connectivity index (χ0n) is 8.12. The van der Waals surface area contributed by atoms with Gasteiger partial charge in [-0.2, -0.15) is 0 Å². The zero-order chi connectivity index (χ0) is 9.54. The summed E-state index contributed by atoms with van der Waals surface area (Å²) in [6, 6.07) is 7.11. The summed E-state index contributed by atoms with van der Waals surface area (Å²) in [6.07, 6.45) is 2.73. The van der Waals surface area contributed by atoms with E-state index in [1.54, 1.807) is 12.1 Å². The first-order chi connectivity index (χ1) is 6.83. The number of hydrogen-bond donors (Lipinski definition) is 0. The maximum atomic E-state index is 13.5. The number of piperidine rings is 2. The Labute approximate surface area is 83.5 Å². The number of rotatable bonds is 1. The van der Waals surface area contributed by atoms with E-state index in [2.05, 4.69) is 4.90 Å².